The van der Waals surface area contributed by atoms with Crippen LogP contribution in [0.5, 0.6) is 5.75 Å². The predicted octanol–water partition coefficient (Wildman–Crippen LogP) is 5.11. The largest absolute Gasteiger partial charge is 0.496 e. The number of aliphatic imine (C=N–C) groups is 1. The molecule has 0 spiro atoms. The number of carbonyl (C=O) groups is 2. The van der Waals surface area contributed by atoms with Gasteiger partial charge < -0.3 is 10.1 Å². The lowest BCUT2D eigenvalue weighted by molar-refractivity contribution is -0.120. The molecule has 3 aromatic rings. The Labute approximate surface area is 207 Å². The van der Waals surface area contributed by atoms with Gasteiger partial charge in [0.25, 0.3) is 0 Å². The van der Waals surface area contributed by atoms with Gasteiger partial charge in [-0.3, -0.25) is 19.5 Å². The molecule has 1 aromatic heterocycles. The van der Waals surface area contributed by atoms with Gasteiger partial charge in [0.05, 0.1) is 12.8 Å². The third-order valence-corrected chi connectivity index (χ3v) is 7.67. The van der Waals surface area contributed by atoms with Crippen molar-refractivity contribution >= 4 is 51.2 Å². The van der Waals surface area contributed by atoms with Crippen molar-refractivity contribution < 1.29 is 14.3 Å². The van der Waals surface area contributed by atoms with E-state index >= 15 is 0 Å². The minimum atomic E-state index is -0.270. The molecule has 8 heteroatoms. The summed E-state index contributed by atoms with van der Waals surface area (Å²) >= 11 is 7.56. The monoisotopic (exact) mass is 493 g/mol. The molecular formula is C26H24ClN3O3S. The van der Waals surface area contributed by atoms with Gasteiger partial charge in [-0.1, -0.05) is 23.7 Å². The van der Waals surface area contributed by atoms with E-state index in [-0.39, 0.29) is 24.9 Å². The fourth-order valence-electron chi connectivity index (χ4n) is 4.51. The van der Waals surface area contributed by atoms with Crippen molar-refractivity contribution in [3.05, 3.63) is 75.1 Å². The average Bonchev–Trinajstić information content (AvgIpc) is 3.17. The van der Waals surface area contributed by atoms with Crippen molar-refractivity contribution in [1.82, 2.24) is 0 Å². The van der Waals surface area contributed by atoms with Crippen LogP contribution in [0.1, 0.15) is 34.4 Å². The summed E-state index contributed by atoms with van der Waals surface area (Å²) in [5.41, 5.74) is 4.47. The van der Waals surface area contributed by atoms with E-state index in [4.69, 9.17) is 21.3 Å². The zero-order valence-corrected chi connectivity index (χ0v) is 20.3. The second-order valence-electron chi connectivity index (χ2n) is 8.29. The maximum absolute atomic E-state index is 13.3. The van der Waals surface area contributed by atoms with Crippen molar-refractivity contribution in [3.8, 4) is 5.75 Å². The highest BCUT2D eigenvalue weighted by atomic mass is 35.5. The van der Waals surface area contributed by atoms with Crippen LogP contribution in [0.25, 0.3) is 0 Å². The molecule has 2 heterocycles. The lowest BCUT2D eigenvalue weighted by Crippen LogP contribution is -2.38. The fourth-order valence-corrected chi connectivity index (χ4v) is 6.04. The first kappa shape index (κ1) is 22.6. The lowest BCUT2D eigenvalue weighted by atomic mass is 9.91. The molecule has 174 valence electrons. The smallest absolute Gasteiger partial charge is 0.249 e. The Balaban J connectivity index is 1.54. The number of methoxy groups -OCH3 is 1. The predicted molar refractivity (Wildman–Crippen MR) is 137 cm³/mol. The number of hydrogen-bond donors (Lipinski definition) is 1. The number of fused-ring (bicyclic) bond motifs is 3. The zero-order chi connectivity index (χ0) is 23.7. The van der Waals surface area contributed by atoms with Crippen molar-refractivity contribution in [3.63, 3.8) is 0 Å². The van der Waals surface area contributed by atoms with Crippen LogP contribution in [-0.2, 0) is 22.4 Å². The van der Waals surface area contributed by atoms with Crippen LogP contribution in [0.2, 0.25) is 5.02 Å². The first-order chi connectivity index (χ1) is 16.5. The Bertz CT molecular complexity index is 1280. The summed E-state index contributed by atoms with van der Waals surface area (Å²) < 4.78 is 5.62. The van der Waals surface area contributed by atoms with Gasteiger partial charge in [0.1, 0.15) is 23.8 Å². The van der Waals surface area contributed by atoms with Crippen LogP contribution < -0.4 is 15.0 Å². The summed E-state index contributed by atoms with van der Waals surface area (Å²) in [5.74, 6) is 0.245. The Hall–Kier alpha value is -3.16. The van der Waals surface area contributed by atoms with Gasteiger partial charge in [0.15, 0.2) is 0 Å². The quantitative estimate of drug-likeness (QED) is 0.536. The van der Waals surface area contributed by atoms with E-state index in [1.54, 1.807) is 47.6 Å². The minimum Gasteiger partial charge on any atom is -0.496 e. The second-order valence-corrected chi connectivity index (χ2v) is 9.81. The highest BCUT2D eigenvalue weighted by Gasteiger charge is 2.34. The van der Waals surface area contributed by atoms with Crippen LogP contribution in [0.3, 0.4) is 0 Å². The van der Waals surface area contributed by atoms with Gasteiger partial charge in [-0.05, 0) is 67.6 Å². The molecule has 0 atom stereocenters. The molecular weight excluding hydrogens is 470 g/mol. The first-order valence-corrected chi connectivity index (χ1v) is 12.4. The van der Waals surface area contributed by atoms with Gasteiger partial charge in [-0.25, -0.2) is 0 Å². The summed E-state index contributed by atoms with van der Waals surface area (Å²) in [7, 11) is 1.64. The summed E-state index contributed by atoms with van der Waals surface area (Å²) in [5, 5.41) is 4.26. The van der Waals surface area contributed by atoms with E-state index in [1.807, 2.05) is 24.3 Å². The zero-order valence-electron chi connectivity index (χ0n) is 18.8. The van der Waals surface area contributed by atoms with Gasteiger partial charge in [0, 0.05) is 26.7 Å². The Morgan fingerprint density at radius 1 is 1.15 bits per heavy atom. The number of para-hydroxylation sites is 1. The maximum Gasteiger partial charge on any atom is 0.249 e. The third-order valence-electron chi connectivity index (χ3n) is 6.10. The van der Waals surface area contributed by atoms with E-state index in [0.717, 1.165) is 47.5 Å². The summed E-state index contributed by atoms with van der Waals surface area (Å²) in [6.45, 7) is -0.111. The average molecular weight is 494 g/mol. The van der Waals surface area contributed by atoms with Crippen molar-refractivity contribution in [2.75, 3.05) is 30.4 Å². The molecule has 0 saturated heterocycles. The second kappa shape index (κ2) is 9.60. The number of rotatable bonds is 5. The molecule has 0 bridgehead atoms. The number of ether oxygens (including phenoxy) is 1. The molecule has 0 unspecified atom stereocenters. The number of aryl methyl sites for hydroxylation is 1. The highest BCUT2D eigenvalue weighted by molar-refractivity contribution is 7.17. The molecule has 5 rings (SSSR count). The molecule has 0 fully saturated rings. The number of halogens is 1. The standard InChI is InChI=1S/C26H24ClN3O3S/c1-33-20-8-4-2-6-18(20)25-24-19-7-3-5-9-21(19)34-26(24)30(23(32)14-28-25)15-22(31)29-17-12-10-16(27)11-13-17/h2,4,6,8,10-13H,3,5,7,9,14-15H2,1H3,(H,29,31). The number of amides is 2. The number of anilines is 2. The van der Waals surface area contributed by atoms with E-state index in [0.29, 0.717) is 16.5 Å². The van der Waals surface area contributed by atoms with Crippen LogP contribution >= 0.6 is 22.9 Å². The summed E-state index contributed by atoms with van der Waals surface area (Å²) in [4.78, 5) is 33.8. The van der Waals surface area contributed by atoms with E-state index in [2.05, 4.69) is 5.32 Å². The molecule has 0 saturated carbocycles. The summed E-state index contributed by atoms with van der Waals surface area (Å²) in [6.07, 6.45) is 4.14. The molecule has 0 radical (unpaired) electrons. The van der Waals surface area contributed by atoms with Gasteiger partial charge >= 0.3 is 0 Å². The van der Waals surface area contributed by atoms with Crippen LogP contribution in [0, 0.1) is 0 Å². The Morgan fingerprint density at radius 3 is 2.71 bits per heavy atom. The van der Waals surface area contributed by atoms with Crippen molar-refractivity contribution in [1.29, 1.82) is 0 Å². The molecule has 1 N–H and O–H groups in total. The molecule has 2 aromatic carbocycles. The number of thiophene rings is 1. The maximum atomic E-state index is 13.3. The van der Waals surface area contributed by atoms with Crippen LogP contribution in [0.4, 0.5) is 10.7 Å². The van der Waals surface area contributed by atoms with Gasteiger partial charge in [-0.2, -0.15) is 0 Å². The number of hydrogen-bond acceptors (Lipinski definition) is 5. The number of benzene rings is 2. The minimum absolute atomic E-state index is 0.0300. The Morgan fingerprint density at radius 2 is 1.91 bits per heavy atom. The summed E-state index contributed by atoms with van der Waals surface area (Å²) in [6, 6.07) is 14.7. The van der Waals surface area contributed by atoms with Gasteiger partial charge in [0.2, 0.25) is 11.8 Å². The molecule has 1 aliphatic carbocycles. The van der Waals surface area contributed by atoms with Gasteiger partial charge in [-0.15, -0.1) is 11.3 Å². The first-order valence-electron chi connectivity index (χ1n) is 11.2. The molecule has 2 amide bonds. The van der Waals surface area contributed by atoms with E-state index in [9.17, 15) is 9.59 Å². The number of carbonyl (C=O) groups excluding carboxylic acids is 2. The van der Waals surface area contributed by atoms with Crippen molar-refractivity contribution in [2.45, 2.75) is 25.7 Å². The van der Waals surface area contributed by atoms with E-state index in [1.165, 1.54) is 10.4 Å². The molecule has 2 aliphatic rings. The number of nitrogens with zero attached hydrogens (tertiary/aromatic N) is 2. The normalized spacial score (nSPS) is 15.2. The SMILES string of the molecule is COc1ccccc1C1=NCC(=O)N(CC(=O)Nc2ccc(Cl)cc2)c2sc3c(c21)CCCC3. The Kier molecular flexibility index (Phi) is 6.39. The lowest BCUT2D eigenvalue weighted by Gasteiger charge is -2.20. The molecule has 6 nitrogen and oxygen atoms in total. The topological polar surface area (TPSA) is 71.0 Å². The highest BCUT2D eigenvalue weighted by Crippen LogP contribution is 2.43. The number of nitrogens with one attached hydrogen (secondary N) is 1. The molecule has 34 heavy (non-hydrogen) atoms. The van der Waals surface area contributed by atoms with Crippen molar-refractivity contribution in [2.24, 2.45) is 4.99 Å². The molecule has 1 aliphatic heterocycles. The third kappa shape index (κ3) is 4.33. The van der Waals surface area contributed by atoms with E-state index < -0.39 is 0 Å². The fraction of sp³-hybridized carbons (Fsp3) is 0.269. The van der Waals surface area contributed by atoms with Crippen LogP contribution in [0.15, 0.2) is 53.5 Å². The van der Waals surface area contributed by atoms with Crippen LogP contribution in [-0.4, -0.2) is 37.7 Å².